The number of hydrogen-bond acceptors (Lipinski definition) is 4. The first-order chi connectivity index (χ1) is 10.3. The van der Waals surface area contributed by atoms with Crippen LogP contribution in [0.2, 0.25) is 0 Å². The second-order valence-electron chi connectivity index (χ2n) is 6.97. The van der Waals surface area contributed by atoms with E-state index in [-0.39, 0.29) is 24.6 Å². The van der Waals surface area contributed by atoms with Gasteiger partial charge in [-0.15, -0.1) is 0 Å². The summed E-state index contributed by atoms with van der Waals surface area (Å²) < 4.78 is 34.7. The smallest absolute Gasteiger partial charge is 0.395 e. The van der Waals surface area contributed by atoms with Gasteiger partial charge in [0.05, 0.1) is 5.41 Å². The standard InChI is InChI=1S/C15H19BrF2O4/c16-15(17,18)13(20)22-2-1-21-12(19)14-6-9-3-10(7-14)5-11(4-9)8-14/h9-11H,1-8H2. The van der Waals surface area contributed by atoms with Crippen molar-refractivity contribution in [1.82, 2.24) is 0 Å². The van der Waals surface area contributed by atoms with Crippen LogP contribution in [0.3, 0.4) is 0 Å². The van der Waals surface area contributed by atoms with Gasteiger partial charge in [-0.05, 0) is 56.3 Å². The van der Waals surface area contributed by atoms with E-state index in [1.807, 2.05) is 15.9 Å². The van der Waals surface area contributed by atoms with E-state index in [1.54, 1.807) is 0 Å². The highest BCUT2D eigenvalue weighted by atomic mass is 79.9. The van der Waals surface area contributed by atoms with E-state index < -0.39 is 10.8 Å². The predicted octanol–water partition coefficient (Wildman–Crippen LogP) is 3.28. The lowest BCUT2D eigenvalue weighted by Crippen LogP contribution is -2.50. The maximum atomic E-state index is 12.5. The van der Waals surface area contributed by atoms with Crippen LogP contribution < -0.4 is 0 Å². The number of hydrogen-bond donors (Lipinski definition) is 0. The minimum absolute atomic E-state index is 0.171. The molecular weight excluding hydrogens is 362 g/mol. The molecule has 22 heavy (non-hydrogen) atoms. The summed E-state index contributed by atoms with van der Waals surface area (Å²) in [6, 6.07) is 0. The monoisotopic (exact) mass is 380 g/mol. The third kappa shape index (κ3) is 3.14. The lowest BCUT2D eigenvalue weighted by Gasteiger charge is -2.55. The minimum atomic E-state index is -3.70. The molecule has 0 aliphatic heterocycles. The van der Waals surface area contributed by atoms with Crippen LogP contribution in [0.25, 0.3) is 0 Å². The van der Waals surface area contributed by atoms with Crippen LogP contribution in [0.4, 0.5) is 8.78 Å². The average Bonchev–Trinajstić information content (AvgIpc) is 2.40. The quantitative estimate of drug-likeness (QED) is 0.417. The molecule has 0 aromatic rings. The Bertz CT molecular complexity index is 439. The van der Waals surface area contributed by atoms with Gasteiger partial charge in [-0.1, -0.05) is 0 Å². The molecule has 4 rings (SSSR count). The highest BCUT2D eigenvalue weighted by Gasteiger charge is 2.55. The highest BCUT2D eigenvalue weighted by Crippen LogP contribution is 2.60. The van der Waals surface area contributed by atoms with E-state index in [4.69, 9.17) is 4.74 Å². The van der Waals surface area contributed by atoms with Gasteiger partial charge in [0.25, 0.3) is 0 Å². The first-order valence-corrected chi connectivity index (χ1v) is 8.49. The van der Waals surface area contributed by atoms with Crippen molar-refractivity contribution < 1.29 is 27.8 Å². The van der Waals surface area contributed by atoms with E-state index in [2.05, 4.69) is 4.74 Å². The Kier molecular flexibility index (Phi) is 4.20. The molecule has 4 nitrogen and oxygen atoms in total. The van der Waals surface area contributed by atoms with Crippen molar-refractivity contribution in [2.45, 2.75) is 43.4 Å². The Balaban J connectivity index is 1.48. The van der Waals surface area contributed by atoms with Crippen LogP contribution in [-0.2, 0) is 19.1 Å². The number of alkyl halides is 3. The topological polar surface area (TPSA) is 52.6 Å². The molecule has 0 amide bonds. The van der Waals surface area contributed by atoms with Gasteiger partial charge in [0.15, 0.2) is 0 Å². The highest BCUT2D eigenvalue weighted by molar-refractivity contribution is 9.10. The fraction of sp³-hybridized carbons (Fsp3) is 0.867. The second kappa shape index (κ2) is 5.73. The zero-order valence-corrected chi connectivity index (χ0v) is 13.7. The molecule has 124 valence electrons. The number of rotatable bonds is 5. The van der Waals surface area contributed by atoms with Crippen LogP contribution >= 0.6 is 15.9 Å². The average molecular weight is 381 g/mol. The maximum Gasteiger partial charge on any atom is 0.395 e. The molecule has 0 heterocycles. The molecule has 0 spiro atoms. The molecule has 4 aliphatic carbocycles. The van der Waals surface area contributed by atoms with Gasteiger partial charge in [-0.2, -0.15) is 8.78 Å². The second-order valence-corrected chi connectivity index (χ2v) is 7.96. The van der Waals surface area contributed by atoms with Crippen molar-refractivity contribution in [3.05, 3.63) is 0 Å². The van der Waals surface area contributed by atoms with E-state index in [1.165, 1.54) is 19.3 Å². The zero-order valence-electron chi connectivity index (χ0n) is 12.2. The Morgan fingerprint density at radius 1 is 1.00 bits per heavy atom. The molecule has 0 radical (unpaired) electrons. The summed E-state index contributed by atoms with van der Waals surface area (Å²) in [5, 5.41) is 0. The Morgan fingerprint density at radius 3 is 1.91 bits per heavy atom. The number of esters is 2. The maximum absolute atomic E-state index is 12.5. The van der Waals surface area contributed by atoms with Gasteiger partial charge < -0.3 is 9.47 Å². The molecular formula is C15H19BrF2O4. The molecule has 4 saturated carbocycles. The number of carbonyl (C=O) groups excluding carboxylic acids is 2. The molecule has 0 N–H and O–H groups in total. The van der Waals surface area contributed by atoms with Gasteiger partial charge in [-0.25, -0.2) is 4.79 Å². The molecule has 7 heteroatoms. The van der Waals surface area contributed by atoms with Crippen LogP contribution in [0.1, 0.15) is 38.5 Å². The fourth-order valence-electron chi connectivity index (χ4n) is 4.86. The number of carbonyl (C=O) groups is 2. The fourth-order valence-corrected chi connectivity index (χ4v) is 4.98. The molecule has 4 fully saturated rings. The van der Waals surface area contributed by atoms with Crippen LogP contribution in [-0.4, -0.2) is 30.0 Å². The Labute approximate surface area is 136 Å². The molecule has 0 unspecified atom stereocenters. The van der Waals surface area contributed by atoms with E-state index in [0.717, 1.165) is 19.3 Å². The van der Waals surface area contributed by atoms with Crippen molar-refractivity contribution in [2.75, 3.05) is 13.2 Å². The first-order valence-electron chi connectivity index (χ1n) is 7.70. The molecule has 0 atom stereocenters. The van der Waals surface area contributed by atoms with Gasteiger partial charge in [-0.3, -0.25) is 4.79 Å². The van der Waals surface area contributed by atoms with Crippen LogP contribution in [0.15, 0.2) is 0 Å². The van der Waals surface area contributed by atoms with Crippen LogP contribution in [0.5, 0.6) is 0 Å². The van der Waals surface area contributed by atoms with Crippen molar-refractivity contribution >= 4 is 27.9 Å². The zero-order chi connectivity index (χ0) is 16.0. The Hall–Kier alpha value is -0.720. The normalized spacial score (nSPS) is 36.2. The van der Waals surface area contributed by atoms with Crippen molar-refractivity contribution in [1.29, 1.82) is 0 Å². The first kappa shape index (κ1) is 16.1. The van der Waals surface area contributed by atoms with E-state index in [9.17, 15) is 18.4 Å². The van der Waals surface area contributed by atoms with E-state index >= 15 is 0 Å². The van der Waals surface area contributed by atoms with Gasteiger partial charge >= 0.3 is 16.8 Å². The van der Waals surface area contributed by atoms with Gasteiger partial charge in [0, 0.05) is 15.9 Å². The summed E-state index contributed by atoms with van der Waals surface area (Å²) in [5.41, 5.74) is -0.377. The van der Waals surface area contributed by atoms with Crippen LogP contribution in [0, 0.1) is 23.2 Å². The Morgan fingerprint density at radius 2 is 1.45 bits per heavy atom. The third-order valence-electron chi connectivity index (χ3n) is 5.25. The summed E-state index contributed by atoms with van der Waals surface area (Å²) in [6.07, 6.45) is 6.34. The van der Waals surface area contributed by atoms with Gasteiger partial charge in [0.1, 0.15) is 13.2 Å². The minimum Gasteiger partial charge on any atom is -0.462 e. The lowest BCUT2D eigenvalue weighted by atomic mass is 9.49. The van der Waals surface area contributed by atoms with Crippen molar-refractivity contribution in [3.63, 3.8) is 0 Å². The summed E-state index contributed by atoms with van der Waals surface area (Å²) >= 11 is 1.92. The van der Waals surface area contributed by atoms with Crippen molar-refractivity contribution in [2.24, 2.45) is 23.2 Å². The number of ether oxygens (including phenoxy) is 2. The SMILES string of the molecule is O=C(OCCOC(=O)C12CC3CC(CC(C3)C1)C2)C(F)(F)Br. The summed E-state index contributed by atoms with van der Waals surface area (Å²) in [6.45, 7) is -0.520. The molecule has 4 aliphatic rings. The summed E-state index contributed by atoms with van der Waals surface area (Å²) in [5.74, 6) is -0.0252. The largest absolute Gasteiger partial charge is 0.462 e. The molecule has 0 aromatic heterocycles. The molecule has 4 bridgehead atoms. The number of halogens is 3. The van der Waals surface area contributed by atoms with Crippen molar-refractivity contribution in [3.8, 4) is 0 Å². The third-order valence-corrected chi connectivity index (χ3v) is 5.58. The predicted molar refractivity (Wildman–Crippen MR) is 76.4 cm³/mol. The lowest BCUT2D eigenvalue weighted by molar-refractivity contribution is -0.176. The summed E-state index contributed by atoms with van der Waals surface area (Å²) in [4.78, 5) is 19.6. The van der Waals surface area contributed by atoms with Gasteiger partial charge in [0.2, 0.25) is 0 Å². The molecule has 0 aromatic carbocycles. The molecule has 0 saturated heterocycles. The summed E-state index contributed by atoms with van der Waals surface area (Å²) in [7, 11) is 0. The van der Waals surface area contributed by atoms with E-state index in [0.29, 0.717) is 17.8 Å².